The highest BCUT2D eigenvalue weighted by molar-refractivity contribution is 14.1. The van der Waals surface area contributed by atoms with E-state index in [1.54, 1.807) is 13.0 Å². The number of aryl methyl sites for hydroxylation is 1. The highest BCUT2D eigenvalue weighted by atomic mass is 127. The summed E-state index contributed by atoms with van der Waals surface area (Å²) in [5.74, 6) is 0. The van der Waals surface area contributed by atoms with Crippen LogP contribution in [0.2, 0.25) is 0 Å². The van der Waals surface area contributed by atoms with Crippen LogP contribution in [0.5, 0.6) is 0 Å². The van der Waals surface area contributed by atoms with Crippen LogP contribution < -0.4 is 0 Å². The summed E-state index contributed by atoms with van der Waals surface area (Å²) in [6.07, 6.45) is 0. The molecule has 1 aromatic carbocycles. The van der Waals surface area contributed by atoms with E-state index in [1.807, 2.05) is 28.7 Å². The Balaban J connectivity index is 3.50. The molecule has 0 aliphatic rings. The fourth-order valence-corrected chi connectivity index (χ4v) is 1.84. The van der Waals surface area contributed by atoms with E-state index in [1.165, 1.54) is 6.07 Å². The van der Waals surface area contributed by atoms with Gasteiger partial charge in [0.1, 0.15) is 11.6 Å². The van der Waals surface area contributed by atoms with Gasteiger partial charge in [-0.25, -0.2) is 0 Å². The third-order valence-corrected chi connectivity index (χ3v) is 2.19. The summed E-state index contributed by atoms with van der Waals surface area (Å²) in [5, 5.41) is 19.2. The van der Waals surface area contributed by atoms with Crippen molar-refractivity contribution in [3.8, 4) is 6.07 Å². The first-order valence-electron chi connectivity index (χ1n) is 3.41. The lowest BCUT2D eigenvalue weighted by Crippen LogP contribution is -1.96. The number of nitro benzene ring substituents is 1. The molecule has 4 nitrogen and oxygen atoms in total. The minimum Gasteiger partial charge on any atom is -0.258 e. The van der Waals surface area contributed by atoms with Crippen molar-refractivity contribution in [2.75, 3.05) is 0 Å². The lowest BCUT2D eigenvalue weighted by molar-refractivity contribution is -0.385. The molecule has 0 atom stereocenters. The van der Waals surface area contributed by atoms with E-state index in [0.29, 0.717) is 5.56 Å². The van der Waals surface area contributed by atoms with E-state index in [-0.39, 0.29) is 11.3 Å². The summed E-state index contributed by atoms with van der Waals surface area (Å²) in [4.78, 5) is 10.0. The average molecular weight is 288 g/mol. The second-order valence-electron chi connectivity index (χ2n) is 2.49. The molecule has 0 saturated heterocycles. The number of halogens is 1. The maximum Gasteiger partial charge on any atom is 0.290 e. The highest BCUT2D eigenvalue weighted by Crippen LogP contribution is 2.24. The van der Waals surface area contributed by atoms with Gasteiger partial charge in [-0.05, 0) is 41.6 Å². The molecule has 66 valence electrons. The summed E-state index contributed by atoms with van der Waals surface area (Å²) in [6, 6.07) is 5.00. The van der Waals surface area contributed by atoms with Gasteiger partial charge in [-0.15, -0.1) is 0 Å². The molecule has 0 fully saturated rings. The van der Waals surface area contributed by atoms with Gasteiger partial charge >= 0.3 is 0 Å². The number of rotatable bonds is 1. The van der Waals surface area contributed by atoms with Gasteiger partial charge in [0.15, 0.2) is 0 Å². The van der Waals surface area contributed by atoms with Crippen LogP contribution in [0.1, 0.15) is 11.1 Å². The molecule has 0 unspecified atom stereocenters. The minimum atomic E-state index is -0.524. The number of nitro groups is 1. The molecule has 1 rings (SSSR count). The van der Waals surface area contributed by atoms with Crippen molar-refractivity contribution in [1.82, 2.24) is 0 Å². The number of benzene rings is 1. The molecule has 0 aliphatic heterocycles. The molecule has 0 radical (unpaired) electrons. The monoisotopic (exact) mass is 288 g/mol. The molecule has 0 spiro atoms. The largest absolute Gasteiger partial charge is 0.290 e. The van der Waals surface area contributed by atoms with Gasteiger partial charge in [-0.3, -0.25) is 10.1 Å². The number of nitrogens with zero attached hydrogens (tertiary/aromatic N) is 2. The Morgan fingerprint density at radius 1 is 1.62 bits per heavy atom. The molecule has 1 aromatic rings. The average Bonchev–Trinajstić information content (AvgIpc) is 2.01. The van der Waals surface area contributed by atoms with E-state index >= 15 is 0 Å². The minimum absolute atomic E-state index is 0.0945. The molecule has 0 aromatic heterocycles. The molecule has 13 heavy (non-hydrogen) atoms. The zero-order chi connectivity index (χ0) is 10.0. The molecular formula is C8H5IN2O2. The van der Waals surface area contributed by atoms with Crippen LogP contribution in [0, 0.1) is 31.9 Å². The van der Waals surface area contributed by atoms with Crippen molar-refractivity contribution < 1.29 is 4.92 Å². The van der Waals surface area contributed by atoms with Crippen molar-refractivity contribution in [2.24, 2.45) is 0 Å². The summed E-state index contributed by atoms with van der Waals surface area (Å²) in [5.41, 5.74) is 0.547. The lowest BCUT2D eigenvalue weighted by atomic mass is 10.1. The lowest BCUT2D eigenvalue weighted by Gasteiger charge is -1.99. The Morgan fingerprint density at radius 2 is 2.23 bits per heavy atom. The molecular weight excluding hydrogens is 283 g/mol. The fourth-order valence-electron chi connectivity index (χ4n) is 1.06. The first kappa shape index (κ1) is 9.92. The molecule has 5 heteroatoms. The maximum atomic E-state index is 10.6. The first-order chi connectivity index (χ1) is 6.06. The zero-order valence-corrected chi connectivity index (χ0v) is 8.90. The number of nitriles is 1. The van der Waals surface area contributed by atoms with Crippen molar-refractivity contribution in [2.45, 2.75) is 6.92 Å². The van der Waals surface area contributed by atoms with Crippen LogP contribution in [0.3, 0.4) is 0 Å². The van der Waals surface area contributed by atoms with E-state index in [2.05, 4.69) is 0 Å². The van der Waals surface area contributed by atoms with Crippen LogP contribution in [0.15, 0.2) is 12.1 Å². The van der Waals surface area contributed by atoms with Crippen molar-refractivity contribution >= 4 is 28.3 Å². The molecule has 0 N–H and O–H groups in total. The van der Waals surface area contributed by atoms with Crippen LogP contribution in [-0.2, 0) is 0 Å². The van der Waals surface area contributed by atoms with Crippen molar-refractivity contribution in [3.63, 3.8) is 0 Å². The second kappa shape index (κ2) is 3.70. The van der Waals surface area contributed by atoms with Crippen LogP contribution >= 0.6 is 22.6 Å². The van der Waals surface area contributed by atoms with Crippen LogP contribution in [-0.4, -0.2) is 4.92 Å². The van der Waals surface area contributed by atoms with Crippen molar-refractivity contribution in [1.29, 1.82) is 5.26 Å². The summed E-state index contributed by atoms with van der Waals surface area (Å²) in [7, 11) is 0. The van der Waals surface area contributed by atoms with Gasteiger partial charge in [0.2, 0.25) is 0 Å². The van der Waals surface area contributed by atoms with E-state index in [4.69, 9.17) is 5.26 Å². The topological polar surface area (TPSA) is 66.9 Å². The van der Waals surface area contributed by atoms with Gasteiger partial charge < -0.3 is 0 Å². The van der Waals surface area contributed by atoms with Crippen molar-refractivity contribution in [3.05, 3.63) is 36.9 Å². The summed E-state index contributed by atoms with van der Waals surface area (Å²) < 4.78 is 0.831. The highest BCUT2D eigenvalue weighted by Gasteiger charge is 2.17. The van der Waals surface area contributed by atoms with Gasteiger partial charge in [0.05, 0.1) is 4.92 Å². The SMILES string of the molecule is Cc1cc(I)cc(C#N)c1[N+](=O)[O-]. The van der Waals surface area contributed by atoms with Gasteiger partial charge in [-0.1, -0.05) is 0 Å². The second-order valence-corrected chi connectivity index (χ2v) is 3.73. The molecule has 0 saturated carbocycles. The number of hydrogen-bond acceptors (Lipinski definition) is 3. The fraction of sp³-hybridized carbons (Fsp3) is 0.125. The predicted molar refractivity (Wildman–Crippen MR) is 55.3 cm³/mol. The predicted octanol–water partition coefficient (Wildman–Crippen LogP) is 2.38. The van der Waals surface area contributed by atoms with Crippen LogP contribution in [0.25, 0.3) is 0 Å². The third-order valence-electron chi connectivity index (χ3n) is 1.57. The molecule has 0 aliphatic carbocycles. The van der Waals surface area contributed by atoms with Crippen LogP contribution in [0.4, 0.5) is 5.69 Å². The van der Waals surface area contributed by atoms with E-state index < -0.39 is 4.92 Å². The summed E-state index contributed by atoms with van der Waals surface area (Å²) >= 11 is 2.02. The van der Waals surface area contributed by atoms with E-state index in [0.717, 1.165) is 3.57 Å². The maximum absolute atomic E-state index is 10.6. The van der Waals surface area contributed by atoms with E-state index in [9.17, 15) is 10.1 Å². The Kier molecular flexibility index (Phi) is 2.83. The third kappa shape index (κ3) is 1.95. The first-order valence-corrected chi connectivity index (χ1v) is 4.48. The Bertz CT molecular complexity index is 409. The normalized spacial score (nSPS) is 9.31. The Hall–Kier alpha value is -1.16. The van der Waals surface area contributed by atoms with Gasteiger partial charge in [0.25, 0.3) is 5.69 Å². The smallest absolute Gasteiger partial charge is 0.258 e. The Labute approximate surface area is 88.5 Å². The standard InChI is InChI=1S/C8H5IN2O2/c1-5-2-7(9)3-6(4-10)8(5)11(12)13/h2-3H,1H3. The quantitative estimate of drug-likeness (QED) is 0.452. The summed E-state index contributed by atoms with van der Waals surface area (Å²) in [6.45, 7) is 1.63. The molecule has 0 amide bonds. The van der Waals surface area contributed by atoms with Gasteiger partial charge in [0, 0.05) is 9.13 Å². The zero-order valence-electron chi connectivity index (χ0n) is 6.74. The Morgan fingerprint density at radius 3 is 2.69 bits per heavy atom. The number of hydrogen-bond donors (Lipinski definition) is 0. The van der Waals surface area contributed by atoms with Gasteiger partial charge in [-0.2, -0.15) is 5.26 Å². The molecule has 0 bridgehead atoms. The molecule has 0 heterocycles.